The van der Waals surface area contributed by atoms with Crippen molar-refractivity contribution in [2.45, 2.75) is 78.7 Å². The molecule has 1 aliphatic carbocycles. The van der Waals surface area contributed by atoms with Crippen LogP contribution >= 0.6 is 11.6 Å². The van der Waals surface area contributed by atoms with Crippen LogP contribution in [0.2, 0.25) is 5.02 Å². The van der Waals surface area contributed by atoms with E-state index >= 15 is 0 Å². The molecule has 32 heavy (non-hydrogen) atoms. The third kappa shape index (κ3) is 5.31. The fourth-order valence-electron chi connectivity index (χ4n) is 5.25. The molecule has 2 amide bonds. The highest BCUT2D eigenvalue weighted by Gasteiger charge is 2.40. The van der Waals surface area contributed by atoms with E-state index in [2.05, 4.69) is 52.1 Å². The van der Waals surface area contributed by atoms with Gasteiger partial charge < -0.3 is 15.3 Å². The maximum atomic E-state index is 12.8. The van der Waals surface area contributed by atoms with Crippen LogP contribution in [0.1, 0.15) is 84.3 Å². The smallest absolute Gasteiger partial charge is 0.322 e. The number of carboxylic acid groups (broad SMARTS) is 1. The Morgan fingerprint density at radius 1 is 1.31 bits per heavy atom. The van der Waals surface area contributed by atoms with E-state index in [-0.39, 0.29) is 24.9 Å². The lowest BCUT2D eigenvalue weighted by Gasteiger charge is -2.43. The highest BCUT2D eigenvalue weighted by atomic mass is 35.5. The third-order valence-electron chi connectivity index (χ3n) is 6.83. The number of amides is 2. The van der Waals surface area contributed by atoms with E-state index in [0.717, 1.165) is 22.1 Å². The zero-order chi connectivity index (χ0) is 23.8. The van der Waals surface area contributed by atoms with E-state index in [0.29, 0.717) is 11.3 Å². The minimum atomic E-state index is -0.922. The van der Waals surface area contributed by atoms with Crippen LogP contribution in [0, 0.1) is 17.3 Å². The molecule has 1 atom stereocenters. The number of nitrogens with one attached hydrogen (secondary N) is 1. The van der Waals surface area contributed by atoms with Gasteiger partial charge in [0.1, 0.15) is 0 Å². The van der Waals surface area contributed by atoms with Gasteiger partial charge in [0, 0.05) is 17.8 Å². The Labute approximate surface area is 197 Å². The molecule has 2 aliphatic rings. The molecule has 1 aliphatic heterocycles. The lowest BCUT2D eigenvalue weighted by atomic mass is 9.66. The number of benzene rings is 1. The van der Waals surface area contributed by atoms with E-state index in [1.165, 1.54) is 29.7 Å². The summed E-state index contributed by atoms with van der Waals surface area (Å²) in [4.78, 5) is 25.2. The van der Waals surface area contributed by atoms with E-state index in [9.17, 15) is 9.59 Å². The Hall–Kier alpha value is -2.01. The minimum Gasteiger partial charge on any atom is -0.481 e. The minimum absolute atomic E-state index is 0.0931. The molecule has 5 nitrogen and oxygen atoms in total. The van der Waals surface area contributed by atoms with E-state index in [1.54, 1.807) is 0 Å². The average molecular weight is 461 g/mol. The molecular weight excluding hydrogens is 424 g/mol. The van der Waals surface area contributed by atoms with E-state index < -0.39 is 11.5 Å². The Morgan fingerprint density at radius 2 is 1.97 bits per heavy atom. The van der Waals surface area contributed by atoms with Crippen LogP contribution in [0.5, 0.6) is 0 Å². The lowest BCUT2D eigenvalue weighted by molar-refractivity contribution is -0.137. The van der Waals surface area contributed by atoms with Crippen molar-refractivity contribution in [3.8, 4) is 0 Å². The van der Waals surface area contributed by atoms with Crippen molar-refractivity contribution in [2.75, 3.05) is 6.54 Å². The second kappa shape index (κ2) is 9.09. The van der Waals surface area contributed by atoms with Gasteiger partial charge in [-0.05, 0) is 72.1 Å². The van der Waals surface area contributed by atoms with Crippen LogP contribution in [0.25, 0.3) is 0 Å². The second-order valence-electron chi connectivity index (χ2n) is 11.2. The van der Waals surface area contributed by atoms with Gasteiger partial charge in [-0.15, -0.1) is 0 Å². The first-order valence-corrected chi connectivity index (χ1v) is 12.0. The predicted molar refractivity (Wildman–Crippen MR) is 129 cm³/mol. The standard InChI is InChI=1S/C26H37ClN2O3/c1-16(2)21-15-29(10-9-23(30)31)24(32)28-26(21,6)19-7-8-20(22(27)13-19)18-11-17(12-18)14-25(3,4)5/h7-8,13,15-18H,9-12,14H2,1-6H3,(H,28,32)(H,30,31)/t17?,18?,26-/m0/s1. The van der Waals surface area contributed by atoms with Crippen LogP contribution in [-0.4, -0.2) is 28.6 Å². The van der Waals surface area contributed by atoms with Gasteiger partial charge in [0.15, 0.2) is 0 Å². The largest absolute Gasteiger partial charge is 0.481 e. The van der Waals surface area contributed by atoms with Gasteiger partial charge in [0.25, 0.3) is 0 Å². The highest BCUT2D eigenvalue weighted by Crippen LogP contribution is 2.49. The number of carbonyl (C=O) groups excluding carboxylic acids is 1. The van der Waals surface area contributed by atoms with Gasteiger partial charge in [-0.3, -0.25) is 4.79 Å². The Balaban J connectivity index is 1.82. The van der Waals surface area contributed by atoms with E-state index in [1.807, 2.05) is 19.2 Å². The molecule has 0 unspecified atom stereocenters. The molecule has 176 valence electrons. The maximum absolute atomic E-state index is 12.8. The molecule has 1 heterocycles. The Bertz CT molecular complexity index is 912. The van der Waals surface area contributed by atoms with Gasteiger partial charge in [-0.2, -0.15) is 0 Å². The summed E-state index contributed by atoms with van der Waals surface area (Å²) in [6.07, 6.45) is 5.33. The first-order valence-electron chi connectivity index (χ1n) is 11.6. The van der Waals surface area contributed by atoms with E-state index in [4.69, 9.17) is 16.7 Å². The van der Waals surface area contributed by atoms with Crippen LogP contribution in [-0.2, 0) is 10.3 Å². The van der Waals surface area contributed by atoms with Gasteiger partial charge in [0.2, 0.25) is 0 Å². The molecule has 1 saturated carbocycles. The number of aliphatic carboxylic acids is 1. The molecule has 1 aromatic rings. The summed E-state index contributed by atoms with van der Waals surface area (Å²) in [5.74, 6) is 0.507. The Morgan fingerprint density at radius 3 is 2.50 bits per heavy atom. The summed E-state index contributed by atoms with van der Waals surface area (Å²) in [7, 11) is 0. The summed E-state index contributed by atoms with van der Waals surface area (Å²) >= 11 is 6.77. The van der Waals surface area contributed by atoms with Crippen molar-refractivity contribution in [3.63, 3.8) is 0 Å². The molecule has 3 rings (SSSR count). The molecule has 0 radical (unpaired) electrons. The Kier molecular flexibility index (Phi) is 6.99. The zero-order valence-electron chi connectivity index (χ0n) is 20.2. The molecule has 0 aromatic heterocycles. The molecule has 2 N–H and O–H groups in total. The number of nitrogens with zero attached hydrogens (tertiary/aromatic N) is 1. The molecule has 0 spiro atoms. The van der Waals surface area contributed by atoms with Crippen LogP contribution < -0.4 is 5.32 Å². The summed E-state index contributed by atoms with van der Waals surface area (Å²) in [5.41, 5.74) is 2.84. The summed E-state index contributed by atoms with van der Waals surface area (Å²) in [6.45, 7) is 13.2. The number of carbonyl (C=O) groups is 2. The van der Waals surface area contributed by atoms with Crippen LogP contribution in [0.4, 0.5) is 4.79 Å². The number of hydrogen-bond acceptors (Lipinski definition) is 2. The fourth-order valence-corrected chi connectivity index (χ4v) is 5.59. The molecule has 1 aromatic carbocycles. The maximum Gasteiger partial charge on any atom is 0.322 e. The monoisotopic (exact) mass is 460 g/mol. The number of carboxylic acids is 1. The first-order chi connectivity index (χ1) is 14.8. The van der Waals surface area contributed by atoms with Crippen LogP contribution in [0.15, 0.2) is 30.0 Å². The highest BCUT2D eigenvalue weighted by molar-refractivity contribution is 6.31. The number of urea groups is 1. The third-order valence-corrected chi connectivity index (χ3v) is 7.16. The average Bonchev–Trinajstić information content (AvgIpc) is 2.62. The van der Waals surface area contributed by atoms with Gasteiger partial charge in [0.05, 0.1) is 12.0 Å². The number of hydrogen-bond donors (Lipinski definition) is 2. The van der Waals surface area contributed by atoms with Crippen LogP contribution in [0.3, 0.4) is 0 Å². The normalized spacial score (nSPS) is 25.9. The van der Waals surface area contributed by atoms with Crippen molar-refractivity contribution >= 4 is 23.6 Å². The number of halogens is 1. The zero-order valence-corrected chi connectivity index (χ0v) is 20.9. The quantitative estimate of drug-likeness (QED) is 0.486. The second-order valence-corrected chi connectivity index (χ2v) is 11.6. The SMILES string of the molecule is CC(C)C1=CN(CCC(=O)O)C(=O)N[C@@]1(C)c1ccc(C2CC(CC(C)(C)C)C2)c(Cl)c1. The summed E-state index contributed by atoms with van der Waals surface area (Å²) in [5, 5.41) is 12.9. The molecule has 6 heteroatoms. The van der Waals surface area contributed by atoms with Crippen molar-refractivity contribution < 1.29 is 14.7 Å². The topological polar surface area (TPSA) is 69.6 Å². The van der Waals surface area contributed by atoms with Gasteiger partial charge >= 0.3 is 12.0 Å². The molecule has 0 bridgehead atoms. The van der Waals surface area contributed by atoms with Crippen molar-refractivity contribution in [1.82, 2.24) is 10.2 Å². The molecule has 0 saturated heterocycles. The summed E-state index contributed by atoms with van der Waals surface area (Å²) < 4.78 is 0. The van der Waals surface area contributed by atoms with Gasteiger partial charge in [-0.25, -0.2) is 4.79 Å². The van der Waals surface area contributed by atoms with Gasteiger partial charge in [-0.1, -0.05) is 58.4 Å². The van der Waals surface area contributed by atoms with Crippen molar-refractivity contribution in [1.29, 1.82) is 0 Å². The summed E-state index contributed by atoms with van der Waals surface area (Å²) in [6, 6.07) is 5.92. The van der Waals surface area contributed by atoms with Crippen molar-refractivity contribution in [2.24, 2.45) is 17.3 Å². The number of rotatable bonds is 7. The predicted octanol–water partition coefficient (Wildman–Crippen LogP) is 6.52. The molecule has 1 fully saturated rings. The first kappa shape index (κ1) is 24.6. The molecular formula is C26H37ClN2O3. The van der Waals surface area contributed by atoms with Crippen molar-refractivity contribution in [3.05, 3.63) is 46.1 Å². The fraction of sp³-hybridized carbons (Fsp3) is 0.615. The lowest BCUT2D eigenvalue weighted by Crippen LogP contribution is -2.55.